The smallest absolute Gasteiger partial charge is 0.208 e. The Bertz CT molecular complexity index is 384. The predicted molar refractivity (Wildman–Crippen MR) is 74.7 cm³/mol. The van der Waals surface area contributed by atoms with E-state index in [9.17, 15) is 0 Å². The minimum absolute atomic E-state index is 0.862. The molecule has 94 valence electrons. The molecule has 1 saturated heterocycles. The summed E-state index contributed by atoms with van der Waals surface area (Å²) in [6.07, 6.45) is 0. The lowest BCUT2D eigenvalue weighted by molar-refractivity contribution is 0.380. The maximum absolute atomic E-state index is 5.30. The summed E-state index contributed by atoms with van der Waals surface area (Å²) < 4.78 is 0. The molecule has 0 radical (unpaired) electrons. The lowest BCUT2D eigenvalue weighted by Gasteiger charge is -2.35. The monoisotopic (exact) mass is 271 g/mol. The van der Waals surface area contributed by atoms with E-state index in [-0.39, 0.29) is 0 Å². The van der Waals surface area contributed by atoms with Crippen molar-refractivity contribution in [3.05, 3.63) is 5.01 Å². The number of aryl methyl sites for hydroxylation is 1. The van der Waals surface area contributed by atoms with Crippen LogP contribution in [-0.4, -0.2) is 52.9 Å². The Balaban J connectivity index is 1.88. The third-order valence-electron chi connectivity index (χ3n) is 2.68. The number of hydrogen-bond donors (Lipinski definition) is 1. The minimum Gasteiger partial charge on any atom is -0.363 e. The van der Waals surface area contributed by atoms with Crippen LogP contribution in [0.4, 0.5) is 5.13 Å². The van der Waals surface area contributed by atoms with E-state index in [4.69, 9.17) is 12.2 Å². The highest BCUT2D eigenvalue weighted by Crippen LogP contribution is 2.20. The van der Waals surface area contributed by atoms with Crippen LogP contribution < -0.4 is 10.2 Å². The molecule has 0 aromatic carbocycles. The molecule has 1 aliphatic rings. The van der Waals surface area contributed by atoms with Gasteiger partial charge in [0.2, 0.25) is 5.13 Å². The Labute approximate surface area is 111 Å². The number of nitrogens with one attached hydrogen (secondary N) is 1. The first kappa shape index (κ1) is 12.5. The highest BCUT2D eigenvalue weighted by atomic mass is 32.1. The van der Waals surface area contributed by atoms with E-state index in [1.807, 2.05) is 6.92 Å². The fourth-order valence-corrected chi connectivity index (χ4v) is 2.84. The van der Waals surface area contributed by atoms with E-state index in [0.29, 0.717) is 0 Å². The van der Waals surface area contributed by atoms with Gasteiger partial charge in [0.05, 0.1) is 0 Å². The van der Waals surface area contributed by atoms with Gasteiger partial charge in [-0.3, -0.25) is 0 Å². The van der Waals surface area contributed by atoms with Crippen LogP contribution in [0.3, 0.4) is 0 Å². The van der Waals surface area contributed by atoms with Crippen LogP contribution >= 0.6 is 23.6 Å². The van der Waals surface area contributed by atoms with Crippen LogP contribution in [-0.2, 0) is 0 Å². The Morgan fingerprint density at radius 2 is 2.06 bits per heavy atom. The van der Waals surface area contributed by atoms with E-state index in [0.717, 1.165) is 48.0 Å². The number of anilines is 1. The molecule has 5 nitrogen and oxygen atoms in total. The molecule has 0 spiro atoms. The first-order valence-electron chi connectivity index (χ1n) is 5.78. The van der Waals surface area contributed by atoms with Gasteiger partial charge in [-0.1, -0.05) is 11.3 Å². The summed E-state index contributed by atoms with van der Waals surface area (Å²) in [5.74, 6) is 0. The summed E-state index contributed by atoms with van der Waals surface area (Å²) in [6, 6.07) is 0. The Kier molecular flexibility index (Phi) is 4.11. The number of piperazine rings is 1. The van der Waals surface area contributed by atoms with Crippen molar-refractivity contribution in [3.63, 3.8) is 0 Å². The number of aromatic nitrogens is 2. The van der Waals surface area contributed by atoms with Crippen LogP contribution in [0.2, 0.25) is 0 Å². The van der Waals surface area contributed by atoms with E-state index >= 15 is 0 Å². The molecule has 1 fully saturated rings. The molecule has 1 aliphatic heterocycles. The van der Waals surface area contributed by atoms with Gasteiger partial charge in [0.1, 0.15) is 5.01 Å². The highest BCUT2D eigenvalue weighted by Gasteiger charge is 2.20. The van der Waals surface area contributed by atoms with Crippen LogP contribution in [0.1, 0.15) is 11.9 Å². The zero-order chi connectivity index (χ0) is 12.3. The molecule has 1 aromatic heterocycles. The van der Waals surface area contributed by atoms with Crippen molar-refractivity contribution in [1.29, 1.82) is 0 Å². The number of hydrogen-bond acceptors (Lipinski definition) is 5. The van der Waals surface area contributed by atoms with Gasteiger partial charge in [-0.2, -0.15) is 0 Å². The van der Waals surface area contributed by atoms with Crippen LogP contribution in [0.5, 0.6) is 0 Å². The predicted octanol–water partition coefficient (Wildman–Crippen LogP) is 0.863. The van der Waals surface area contributed by atoms with Crippen molar-refractivity contribution < 1.29 is 0 Å². The summed E-state index contributed by atoms with van der Waals surface area (Å²) in [7, 11) is 0. The summed E-state index contributed by atoms with van der Waals surface area (Å²) >= 11 is 6.95. The Hall–Kier alpha value is -0.950. The molecule has 0 atom stereocenters. The zero-order valence-electron chi connectivity index (χ0n) is 10.1. The third-order valence-corrected chi connectivity index (χ3v) is 3.98. The fourth-order valence-electron chi connectivity index (χ4n) is 1.78. The van der Waals surface area contributed by atoms with Gasteiger partial charge >= 0.3 is 0 Å². The van der Waals surface area contributed by atoms with Gasteiger partial charge < -0.3 is 15.1 Å². The third kappa shape index (κ3) is 3.04. The van der Waals surface area contributed by atoms with E-state index in [1.165, 1.54) is 0 Å². The second-order valence-electron chi connectivity index (χ2n) is 3.91. The van der Waals surface area contributed by atoms with Crippen molar-refractivity contribution in [3.8, 4) is 0 Å². The van der Waals surface area contributed by atoms with Crippen molar-refractivity contribution in [1.82, 2.24) is 20.4 Å². The number of nitrogens with zero attached hydrogens (tertiary/aromatic N) is 4. The summed E-state index contributed by atoms with van der Waals surface area (Å²) in [5.41, 5.74) is 0. The molecule has 0 aliphatic carbocycles. The van der Waals surface area contributed by atoms with E-state index in [1.54, 1.807) is 11.3 Å². The molecule has 0 amide bonds. The molecular formula is C10H17N5S2. The fraction of sp³-hybridized carbons (Fsp3) is 0.700. The van der Waals surface area contributed by atoms with Crippen molar-refractivity contribution in [2.24, 2.45) is 0 Å². The molecule has 1 N–H and O–H groups in total. The van der Waals surface area contributed by atoms with E-state index in [2.05, 4.69) is 32.2 Å². The quantitative estimate of drug-likeness (QED) is 0.805. The molecule has 17 heavy (non-hydrogen) atoms. The molecular weight excluding hydrogens is 254 g/mol. The molecule has 7 heteroatoms. The first-order valence-corrected chi connectivity index (χ1v) is 7.01. The molecule has 1 aromatic rings. The van der Waals surface area contributed by atoms with Gasteiger partial charge in [0, 0.05) is 32.7 Å². The van der Waals surface area contributed by atoms with Gasteiger partial charge in [-0.15, -0.1) is 10.2 Å². The average Bonchev–Trinajstić information content (AvgIpc) is 2.76. The Morgan fingerprint density at radius 1 is 1.35 bits per heavy atom. The highest BCUT2D eigenvalue weighted by molar-refractivity contribution is 7.80. The SMILES string of the molecule is CCNC(=S)N1CCN(c2nnc(C)s2)CC1. The zero-order valence-corrected chi connectivity index (χ0v) is 11.8. The largest absolute Gasteiger partial charge is 0.363 e. The summed E-state index contributed by atoms with van der Waals surface area (Å²) in [4.78, 5) is 4.49. The van der Waals surface area contributed by atoms with Crippen molar-refractivity contribution in [2.45, 2.75) is 13.8 Å². The maximum Gasteiger partial charge on any atom is 0.208 e. The minimum atomic E-state index is 0.862. The topological polar surface area (TPSA) is 44.3 Å². The van der Waals surface area contributed by atoms with Crippen molar-refractivity contribution >= 4 is 33.8 Å². The molecule has 0 unspecified atom stereocenters. The second kappa shape index (κ2) is 5.59. The lowest BCUT2D eigenvalue weighted by Crippen LogP contribution is -2.51. The van der Waals surface area contributed by atoms with Gasteiger partial charge in [0.15, 0.2) is 5.11 Å². The van der Waals surface area contributed by atoms with Crippen LogP contribution in [0, 0.1) is 6.92 Å². The lowest BCUT2D eigenvalue weighted by atomic mass is 10.3. The normalized spacial score (nSPS) is 16.1. The average molecular weight is 271 g/mol. The molecule has 2 rings (SSSR count). The number of rotatable bonds is 2. The molecule has 0 bridgehead atoms. The van der Waals surface area contributed by atoms with Crippen LogP contribution in [0.15, 0.2) is 0 Å². The standard InChI is InChI=1S/C10H17N5S2/c1-3-11-9(16)14-4-6-15(7-5-14)10-13-12-8(2)17-10/h3-7H2,1-2H3,(H,11,16). The van der Waals surface area contributed by atoms with Crippen LogP contribution in [0.25, 0.3) is 0 Å². The molecule has 0 saturated carbocycles. The Morgan fingerprint density at radius 3 is 2.59 bits per heavy atom. The van der Waals surface area contributed by atoms with Gasteiger partial charge in [-0.05, 0) is 26.1 Å². The van der Waals surface area contributed by atoms with Gasteiger partial charge in [-0.25, -0.2) is 0 Å². The van der Waals surface area contributed by atoms with Crippen molar-refractivity contribution in [2.75, 3.05) is 37.6 Å². The number of thiocarbonyl (C=S) groups is 1. The van der Waals surface area contributed by atoms with E-state index < -0.39 is 0 Å². The molecule has 2 heterocycles. The van der Waals surface area contributed by atoms with Gasteiger partial charge in [0.25, 0.3) is 0 Å². The second-order valence-corrected chi connectivity index (χ2v) is 5.46. The summed E-state index contributed by atoms with van der Waals surface area (Å²) in [6.45, 7) is 8.74. The first-order chi connectivity index (χ1) is 8.20. The maximum atomic E-state index is 5.30. The summed E-state index contributed by atoms with van der Waals surface area (Å²) in [5, 5.41) is 14.3.